The second-order valence-electron chi connectivity index (χ2n) is 10.5. The predicted molar refractivity (Wildman–Crippen MR) is 146 cm³/mol. The van der Waals surface area contributed by atoms with E-state index in [0.29, 0.717) is 5.06 Å². The van der Waals surface area contributed by atoms with Crippen molar-refractivity contribution in [1.82, 2.24) is 5.06 Å². The zero-order valence-corrected chi connectivity index (χ0v) is 25.9. The number of fused-ring (bicyclic) bond motifs is 1. The van der Waals surface area contributed by atoms with Crippen LogP contribution in [0.1, 0.15) is 48.4 Å². The number of esters is 3. The van der Waals surface area contributed by atoms with E-state index in [1.165, 1.54) is 40.4 Å². The average molecular weight is 640 g/mol. The molecule has 0 saturated carbocycles. The number of hydrogen-bond acceptors (Lipinski definition) is 15. The standard InChI is InChI=1S/C29H37NO15/c1-13-20(41-14(2)31)23(42-15(3)32)25(43-16(4)33)29(40-13)45-21-19(44-28(38-7)24(37-6)22(21)36-5)12-39-30-26(34)17-10-8-9-11-18(17)27(30)35/h8-11,13,19-25,28-29H,12H2,1-7H3/t13-,19+,20-,21-,22-,23+,24+,25+,28-,29-/m0/s1. The van der Waals surface area contributed by atoms with E-state index in [2.05, 4.69) is 0 Å². The summed E-state index contributed by atoms with van der Waals surface area (Å²) in [6.45, 7) is 4.57. The van der Waals surface area contributed by atoms with Crippen molar-refractivity contribution in [2.24, 2.45) is 0 Å². The minimum Gasteiger partial charge on any atom is -0.456 e. The molecule has 0 bridgehead atoms. The molecule has 16 heteroatoms. The Bertz CT molecular complexity index is 1240. The second-order valence-corrected chi connectivity index (χ2v) is 10.5. The topological polar surface area (TPSA) is 181 Å². The van der Waals surface area contributed by atoms with Gasteiger partial charge in [0.2, 0.25) is 0 Å². The smallest absolute Gasteiger partial charge is 0.303 e. The highest BCUT2D eigenvalue weighted by molar-refractivity contribution is 6.20. The quantitative estimate of drug-likeness (QED) is 0.186. The fraction of sp³-hybridized carbons (Fsp3) is 0.621. The molecule has 4 rings (SSSR count). The molecule has 2 saturated heterocycles. The van der Waals surface area contributed by atoms with E-state index in [4.69, 9.17) is 47.5 Å². The lowest BCUT2D eigenvalue weighted by atomic mass is 9.96. The Balaban J connectivity index is 1.65. The third-order valence-electron chi connectivity index (χ3n) is 7.42. The molecule has 0 N–H and O–H groups in total. The van der Waals surface area contributed by atoms with E-state index >= 15 is 0 Å². The number of amides is 2. The van der Waals surface area contributed by atoms with Crippen LogP contribution in [0.15, 0.2) is 24.3 Å². The third kappa shape index (κ3) is 7.33. The maximum Gasteiger partial charge on any atom is 0.303 e. The molecule has 1 aromatic rings. The summed E-state index contributed by atoms with van der Waals surface area (Å²) < 4.78 is 51.7. The number of carbonyl (C=O) groups is 5. The van der Waals surface area contributed by atoms with Crippen molar-refractivity contribution in [2.45, 2.75) is 89.1 Å². The Morgan fingerprint density at radius 2 is 1.22 bits per heavy atom. The molecule has 0 unspecified atom stereocenters. The molecule has 2 fully saturated rings. The zero-order chi connectivity index (χ0) is 33.0. The van der Waals surface area contributed by atoms with Gasteiger partial charge >= 0.3 is 17.9 Å². The molecule has 3 aliphatic rings. The number of hydrogen-bond donors (Lipinski definition) is 0. The van der Waals surface area contributed by atoms with E-state index in [0.717, 1.165) is 13.8 Å². The van der Waals surface area contributed by atoms with Gasteiger partial charge in [0.15, 0.2) is 30.9 Å². The molecule has 0 radical (unpaired) electrons. The van der Waals surface area contributed by atoms with Gasteiger partial charge in [-0.1, -0.05) is 12.1 Å². The van der Waals surface area contributed by atoms with Gasteiger partial charge in [-0.15, -0.1) is 5.06 Å². The Morgan fingerprint density at radius 1 is 0.689 bits per heavy atom. The van der Waals surface area contributed by atoms with Crippen molar-refractivity contribution in [1.29, 1.82) is 0 Å². The summed E-state index contributed by atoms with van der Waals surface area (Å²) in [4.78, 5) is 67.7. The fourth-order valence-electron chi connectivity index (χ4n) is 5.55. The molecular weight excluding hydrogens is 602 g/mol. The van der Waals surface area contributed by atoms with Crippen LogP contribution in [-0.4, -0.2) is 124 Å². The monoisotopic (exact) mass is 639 g/mol. The number of benzene rings is 1. The van der Waals surface area contributed by atoms with Crippen molar-refractivity contribution in [3.63, 3.8) is 0 Å². The van der Waals surface area contributed by atoms with Crippen LogP contribution in [0.3, 0.4) is 0 Å². The van der Waals surface area contributed by atoms with Crippen LogP contribution in [0, 0.1) is 0 Å². The maximum atomic E-state index is 12.9. The van der Waals surface area contributed by atoms with Gasteiger partial charge in [0.1, 0.15) is 31.0 Å². The Hall–Kier alpha value is -3.51. The van der Waals surface area contributed by atoms with Crippen LogP contribution in [0.2, 0.25) is 0 Å². The predicted octanol–water partition coefficient (Wildman–Crippen LogP) is 0.541. The number of ether oxygens (including phenoxy) is 9. The molecular formula is C29H37NO15. The Morgan fingerprint density at radius 3 is 1.73 bits per heavy atom. The molecule has 16 nitrogen and oxygen atoms in total. The molecule has 2 amide bonds. The number of imide groups is 1. The van der Waals surface area contributed by atoms with Crippen molar-refractivity contribution >= 4 is 29.7 Å². The van der Waals surface area contributed by atoms with Gasteiger partial charge in [0.05, 0.1) is 17.2 Å². The number of methoxy groups -OCH3 is 3. The lowest BCUT2D eigenvalue weighted by Crippen LogP contribution is -2.66. The van der Waals surface area contributed by atoms with Crippen molar-refractivity contribution in [3.05, 3.63) is 35.4 Å². The van der Waals surface area contributed by atoms with E-state index < -0.39 is 97.7 Å². The summed E-state index contributed by atoms with van der Waals surface area (Å²) in [6.07, 6.45) is -11.3. The van der Waals surface area contributed by atoms with Crippen molar-refractivity contribution in [2.75, 3.05) is 27.9 Å². The number of rotatable bonds is 11. The molecule has 0 aliphatic carbocycles. The summed E-state index contributed by atoms with van der Waals surface area (Å²) in [5, 5.41) is 0.623. The molecule has 45 heavy (non-hydrogen) atoms. The van der Waals surface area contributed by atoms with Gasteiger partial charge in [-0.3, -0.25) is 28.8 Å². The Labute approximate surface area is 258 Å². The van der Waals surface area contributed by atoms with Crippen LogP contribution in [-0.2, 0) is 61.9 Å². The first kappa shape index (κ1) is 34.4. The van der Waals surface area contributed by atoms with Crippen molar-refractivity contribution < 1.29 is 71.4 Å². The van der Waals surface area contributed by atoms with Gasteiger partial charge in [-0.05, 0) is 19.1 Å². The highest BCUT2D eigenvalue weighted by atomic mass is 16.8. The minimum absolute atomic E-state index is 0.177. The first-order valence-electron chi connectivity index (χ1n) is 14.1. The normalized spacial score (nSPS) is 33.0. The lowest BCUT2D eigenvalue weighted by molar-refractivity contribution is -0.362. The van der Waals surface area contributed by atoms with E-state index in [1.807, 2.05) is 0 Å². The number of nitrogens with zero attached hydrogens (tertiary/aromatic N) is 1. The maximum absolute atomic E-state index is 12.9. The second kappa shape index (κ2) is 14.7. The first-order valence-corrected chi connectivity index (χ1v) is 14.1. The van der Waals surface area contributed by atoms with E-state index in [9.17, 15) is 24.0 Å². The minimum atomic E-state index is -1.44. The lowest BCUT2D eigenvalue weighted by Gasteiger charge is -2.48. The van der Waals surface area contributed by atoms with Crippen LogP contribution in [0.4, 0.5) is 0 Å². The summed E-state index contributed by atoms with van der Waals surface area (Å²) >= 11 is 0. The summed E-state index contributed by atoms with van der Waals surface area (Å²) in [6, 6.07) is 6.26. The van der Waals surface area contributed by atoms with Gasteiger partial charge in [-0.25, -0.2) is 0 Å². The van der Waals surface area contributed by atoms with Gasteiger partial charge in [-0.2, -0.15) is 0 Å². The van der Waals surface area contributed by atoms with E-state index in [1.54, 1.807) is 19.1 Å². The largest absolute Gasteiger partial charge is 0.456 e. The van der Waals surface area contributed by atoms with E-state index in [-0.39, 0.29) is 11.1 Å². The SMILES string of the molecule is CO[C@H]1O[C@H](CON2C(=O)c3ccccc3C2=O)[C@H](O[C@@H]2O[C@@H](C)[C@H](OC(C)=O)[C@@H](OC(C)=O)[C@H]2OC(C)=O)[C@H](OC)[C@H]1OC. The average Bonchev–Trinajstić information content (AvgIpc) is 3.23. The van der Waals surface area contributed by atoms with Crippen LogP contribution in [0.25, 0.3) is 0 Å². The highest BCUT2D eigenvalue weighted by Crippen LogP contribution is 2.35. The Kier molecular flexibility index (Phi) is 11.2. The molecule has 3 aliphatic heterocycles. The molecule has 10 atom stereocenters. The van der Waals surface area contributed by atoms with Crippen LogP contribution < -0.4 is 0 Å². The first-order chi connectivity index (χ1) is 21.4. The zero-order valence-electron chi connectivity index (χ0n) is 25.9. The molecule has 0 aromatic heterocycles. The third-order valence-corrected chi connectivity index (χ3v) is 7.42. The summed E-state index contributed by atoms with van der Waals surface area (Å²) in [7, 11) is 4.17. The van der Waals surface area contributed by atoms with Crippen LogP contribution >= 0.6 is 0 Å². The fourth-order valence-corrected chi connectivity index (χ4v) is 5.55. The van der Waals surface area contributed by atoms with Gasteiger partial charge in [0.25, 0.3) is 11.8 Å². The van der Waals surface area contributed by atoms with Gasteiger partial charge in [0, 0.05) is 42.1 Å². The van der Waals surface area contributed by atoms with Gasteiger partial charge < -0.3 is 42.6 Å². The number of carbonyl (C=O) groups excluding carboxylic acids is 5. The highest BCUT2D eigenvalue weighted by Gasteiger charge is 2.55. The number of hydroxylamine groups is 2. The molecule has 1 aromatic carbocycles. The summed E-state index contributed by atoms with van der Waals surface area (Å²) in [5.41, 5.74) is 0.355. The summed E-state index contributed by atoms with van der Waals surface area (Å²) in [5.74, 6) is -3.52. The molecule has 3 heterocycles. The van der Waals surface area contributed by atoms with Crippen LogP contribution in [0.5, 0.6) is 0 Å². The molecule has 0 spiro atoms. The molecule has 248 valence electrons. The van der Waals surface area contributed by atoms with Crippen molar-refractivity contribution in [3.8, 4) is 0 Å².